The second kappa shape index (κ2) is 8.17. The molecule has 24 heavy (non-hydrogen) atoms. The molecule has 0 radical (unpaired) electrons. The third-order valence-electron chi connectivity index (χ3n) is 3.71. The van der Waals surface area contributed by atoms with Gasteiger partial charge in [0.25, 0.3) is 0 Å². The molecule has 130 valence electrons. The summed E-state index contributed by atoms with van der Waals surface area (Å²) in [4.78, 5) is 0. The van der Waals surface area contributed by atoms with Crippen molar-refractivity contribution in [3.05, 3.63) is 59.7 Å². The molecule has 0 unspecified atom stereocenters. The lowest BCUT2D eigenvalue weighted by Gasteiger charge is -2.17. The summed E-state index contributed by atoms with van der Waals surface area (Å²) < 4.78 is 36.2. The fraction of sp³-hybridized carbons (Fsp3) is 0.333. The molecule has 0 aromatic heterocycles. The van der Waals surface area contributed by atoms with Gasteiger partial charge in [0.2, 0.25) is 10.0 Å². The molecular weight excluding hydrogens is 326 g/mol. The highest BCUT2D eigenvalue weighted by Crippen LogP contribution is 2.29. The van der Waals surface area contributed by atoms with Gasteiger partial charge in [0.05, 0.1) is 12.9 Å². The van der Waals surface area contributed by atoms with Crippen LogP contribution in [-0.4, -0.2) is 32.6 Å². The van der Waals surface area contributed by atoms with Gasteiger partial charge in [0.1, 0.15) is 6.61 Å². The predicted octanol–water partition coefficient (Wildman–Crippen LogP) is 3.06. The monoisotopic (exact) mass is 349 g/mol. The van der Waals surface area contributed by atoms with Crippen molar-refractivity contribution in [2.24, 2.45) is 0 Å². The van der Waals surface area contributed by atoms with Crippen LogP contribution in [-0.2, 0) is 23.2 Å². The maximum atomic E-state index is 11.9. The molecule has 2 aromatic carbocycles. The standard InChI is InChI=1S/C18H23NO4S/c1-4-24(20,21)19(2)13-16-10-11-17(18(12-16)22-3)23-14-15-8-6-5-7-9-15/h5-12H,4,13-14H2,1-3H3. The van der Waals surface area contributed by atoms with E-state index in [-0.39, 0.29) is 5.75 Å². The van der Waals surface area contributed by atoms with Gasteiger partial charge in [0.15, 0.2) is 11.5 Å². The van der Waals surface area contributed by atoms with Gasteiger partial charge in [-0.15, -0.1) is 0 Å². The van der Waals surface area contributed by atoms with Crippen LogP contribution in [0.5, 0.6) is 11.5 Å². The summed E-state index contributed by atoms with van der Waals surface area (Å²) in [5, 5.41) is 0. The molecule has 0 spiro atoms. The molecule has 0 aliphatic carbocycles. The number of hydrogen-bond acceptors (Lipinski definition) is 4. The van der Waals surface area contributed by atoms with Gasteiger partial charge in [-0.3, -0.25) is 0 Å². The van der Waals surface area contributed by atoms with E-state index in [9.17, 15) is 8.42 Å². The SMILES string of the molecule is CCS(=O)(=O)N(C)Cc1ccc(OCc2ccccc2)c(OC)c1. The molecule has 0 heterocycles. The Bertz CT molecular complexity index is 760. The first kappa shape index (κ1) is 18.3. The summed E-state index contributed by atoms with van der Waals surface area (Å²) in [6, 6.07) is 15.3. The van der Waals surface area contributed by atoms with Gasteiger partial charge in [-0.25, -0.2) is 12.7 Å². The van der Waals surface area contributed by atoms with Crippen LogP contribution in [0.2, 0.25) is 0 Å². The van der Waals surface area contributed by atoms with Crippen LogP contribution < -0.4 is 9.47 Å². The Morgan fingerprint density at radius 3 is 2.33 bits per heavy atom. The first-order valence-corrected chi connectivity index (χ1v) is 9.35. The Labute approximate surface area is 143 Å². The van der Waals surface area contributed by atoms with E-state index in [0.717, 1.165) is 11.1 Å². The number of benzene rings is 2. The minimum absolute atomic E-state index is 0.0822. The molecular formula is C18H23NO4S. The number of methoxy groups -OCH3 is 1. The van der Waals surface area contributed by atoms with Crippen LogP contribution in [0.25, 0.3) is 0 Å². The molecule has 0 saturated heterocycles. The highest BCUT2D eigenvalue weighted by atomic mass is 32.2. The molecule has 0 N–H and O–H groups in total. The first-order valence-electron chi connectivity index (χ1n) is 7.74. The van der Waals surface area contributed by atoms with Crippen LogP contribution in [0.3, 0.4) is 0 Å². The molecule has 0 amide bonds. The predicted molar refractivity (Wildman–Crippen MR) is 94.7 cm³/mol. The van der Waals surface area contributed by atoms with Crippen molar-refractivity contribution < 1.29 is 17.9 Å². The Hall–Kier alpha value is -2.05. The number of rotatable bonds is 8. The van der Waals surface area contributed by atoms with Crippen molar-refractivity contribution in [3.63, 3.8) is 0 Å². The molecule has 0 fully saturated rings. The molecule has 0 bridgehead atoms. The minimum atomic E-state index is -3.21. The Balaban J connectivity index is 2.10. The summed E-state index contributed by atoms with van der Waals surface area (Å²) in [5.41, 5.74) is 1.91. The molecule has 2 rings (SSSR count). The smallest absolute Gasteiger partial charge is 0.213 e. The number of nitrogens with zero attached hydrogens (tertiary/aromatic N) is 1. The Morgan fingerprint density at radius 2 is 1.71 bits per heavy atom. The van der Waals surface area contributed by atoms with E-state index in [1.54, 1.807) is 21.1 Å². The summed E-state index contributed by atoms with van der Waals surface area (Å²) in [7, 11) is -0.0661. The van der Waals surface area contributed by atoms with Gasteiger partial charge in [-0.05, 0) is 30.2 Å². The zero-order valence-corrected chi connectivity index (χ0v) is 15.0. The molecule has 6 heteroatoms. The van der Waals surface area contributed by atoms with Crippen LogP contribution >= 0.6 is 0 Å². The van der Waals surface area contributed by atoms with Gasteiger partial charge < -0.3 is 9.47 Å². The van der Waals surface area contributed by atoms with E-state index < -0.39 is 10.0 Å². The number of hydrogen-bond donors (Lipinski definition) is 0. The molecule has 0 aliphatic rings. The number of sulfonamides is 1. The maximum absolute atomic E-state index is 11.9. The molecule has 2 aromatic rings. The van der Waals surface area contributed by atoms with Gasteiger partial charge in [-0.2, -0.15) is 0 Å². The van der Waals surface area contributed by atoms with Gasteiger partial charge in [0, 0.05) is 13.6 Å². The zero-order valence-electron chi connectivity index (χ0n) is 14.2. The average molecular weight is 349 g/mol. The van der Waals surface area contributed by atoms with E-state index in [2.05, 4.69) is 0 Å². The molecule has 0 saturated carbocycles. The van der Waals surface area contributed by atoms with Crippen molar-refractivity contribution in [2.45, 2.75) is 20.1 Å². The number of ether oxygens (including phenoxy) is 2. The third kappa shape index (κ3) is 4.72. The van der Waals surface area contributed by atoms with Crippen LogP contribution in [0.1, 0.15) is 18.1 Å². The summed E-state index contributed by atoms with van der Waals surface area (Å²) >= 11 is 0. The lowest BCUT2D eigenvalue weighted by Crippen LogP contribution is -2.27. The quantitative estimate of drug-likeness (QED) is 0.735. The Morgan fingerprint density at radius 1 is 1.00 bits per heavy atom. The van der Waals surface area contributed by atoms with E-state index >= 15 is 0 Å². The van der Waals surface area contributed by atoms with Crippen LogP contribution in [0.15, 0.2) is 48.5 Å². The highest BCUT2D eigenvalue weighted by molar-refractivity contribution is 7.89. The average Bonchev–Trinajstić information content (AvgIpc) is 2.61. The zero-order chi connectivity index (χ0) is 17.6. The van der Waals surface area contributed by atoms with Crippen molar-refractivity contribution in [3.8, 4) is 11.5 Å². The third-order valence-corrected chi connectivity index (χ3v) is 5.52. The maximum Gasteiger partial charge on any atom is 0.213 e. The summed E-state index contributed by atoms with van der Waals surface area (Å²) in [6.07, 6.45) is 0. The van der Waals surface area contributed by atoms with Crippen molar-refractivity contribution in [1.29, 1.82) is 0 Å². The lowest BCUT2D eigenvalue weighted by molar-refractivity contribution is 0.284. The highest BCUT2D eigenvalue weighted by Gasteiger charge is 2.16. The van der Waals surface area contributed by atoms with E-state index in [0.29, 0.717) is 24.7 Å². The topological polar surface area (TPSA) is 55.8 Å². The molecule has 0 aliphatic heterocycles. The Kier molecular flexibility index (Phi) is 6.23. The second-order valence-corrected chi connectivity index (χ2v) is 7.78. The van der Waals surface area contributed by atoms with Crippen molar-refractivity contribution in [1.82, 2.24) is 4.31 Å². The molecule has 5 nitrogen and oxygen atoms in total. The molecule has 0 atom stereocenters. The second-order valence-electron chi connectivity index (χ2n) is 5.42. The normalized spacial score (nSPS) is 11.5. The first-order chi connectivity index (χ1) is 11.5. The van der Waals surface area contributed by atoms with Crippen molar-refractivity contribution in [2.75, 3.05) is 19.9 Å². The summed E-state index contributed by atoms with van der Waals surface area (Å²) in [6.45, 7) is 2.37. The minimum Gasteiger partial charge on any atom is -0.493 e. The largest absolute Gasteiger partial charge is 0.493 e. The van der Waals surface area contributed by atoms with E-state index in [1.165, 1.54) is 4.31 Å². The fourth-order valence-corrected chi connectivity index (χ4v) is 3.03. The van der Waals surface area contributed by atoms with E-state index in [4.69, 9.17) is 9.47 Å². The van der Waals surface area contributed by atoms with Gasteiger partial charge >= 0.3 is 0 Å². The van der Waals surface area contributed by atoms with Crippen LogP contribution in [0.4, 0.5) is 0 Å². The summed E-state index contributed by atoms with van der Waals surface area (Å²) in [5.74, 6) is 1.30. The van der Waals surface area contributed by atoms with Crippen LogP contribution in [0, 0.1) is 0 Å². The van der Waals surface area contributed by atoms with E-state index in [1.807, 2.05) is 48.5 Å². The lowest BCUT2D eigenvalue weighted by atomic mass is 10.2. The fourth-order valence-electron chi connectivity index (χ4n) is 2.24. The van der Waals surface area contributed by atoms with Crippen molar-refractivity contribution >= 4 is 10.0 Å². The van der Waals surface area contributed by atoms with Gasteiger partial charge in [-0.1, -0.05) is 36.4 Å².